The van der Waals surface area contributed by atoms with Crippen LogP contribution in [-0.2, 0) is 11.3 Å². The predicted molar refractivity (Wildman–Crippen MR) is 78.4 cm³/mol. The summed E-state index contributed by atoms with van der Waals surface area (Å²) in [4.78, 5) is 0. The van der Waals surface area contributed by atoms with Crippen LogP contribution in [0.1, 0.15) is 18.9 Å². The number of aliphatic hydroxyl groups is 1. The molecule has 20 heavy (non-hydrogen) atoms. The van der Waals surface area contributed by atoms with Crippen molar-refractivity contribution < 1.29 is 19.3 Å². The van der Waals surface area contributed by atoms with Gasteiger partial charge >= 0.3 is 0 Å². The number of aliphatic hydroxyl groups excluding tert-OH is 1. The van der Waals surface area contributed by atoms with Gasteiger partial charge in [-0.05, 0) is 13.0 Å². The molecule has 0 aliphatic rings. The summed E-state index contributed by atoms with van der Waals surface area (Å²) in [5, 5.41) is 12.6. The molecule has 0 aliphatic carbocycles. The van der Waals surface area contributed by atoms with Crippen LogP contribution >= 0.6 is 0 Å². The lowest BCUT2D eigenvalue weighted by molar-refractivity contribution is 0.153. The lowest BCUT2D eigenvalue weighted by Crippen LogP contribution is -2.19. The maximum Gasteiger partial charge on any atom is 0.165 e. The molecule has 1 aromatic rings. The van der Waals surface area contributed by atoms with Crippen molar-refractivity contribution >= 4 is 0 Å². The van der Waals surface area contributed by atoms with Crippen LogP contribution in [0.2, 0.25) is 0 Å². The van der Waals surface area contributed by atoms with Crippen molar-refractivity contribution in [1.29, 1.82) is 0 Å². The van der Waals surface area contributed by atoms with E-state index >= 15 is 0 Å². The highest BCUT2D eigenvalue weighted by atomic mass is 16.5. The Labute approximate surface area is 120 Å². The van der Waals surface area contributed by atoms with Gasteiger partial charge in [-0.15, -0.1) is 0 Å². The Hall–Kier alpha value is -1.30. The second-order valence-electron chi connectivity index (χ2n) is 4.60. The van der Waals surface area contributed by atoms with Gasteiger partial charge in [0.15, 0.2) is 11.5 Å². The minimum atomic E-state index is -0.368. The molecule has 5 nitrogen and oxygen atoms in total. The summed E-state index contributed by atoms with van der Waals surface area (Å²) in [6.07, 6.45) is 0.224. The minimum absolute atomic E-state index is 0.368. The lowest BCUT2D eigenvalue weighted by atomic mass is 10.2. The third-order valence-electron chi connectivity index (χ3n) is 2.86. The summed E-state index contributed by atoms with van der Waals surface area (Å²) in [6, 6.07) is 5.81. The second kappa shape index (κ2) is 9.58. The zero-order valence-corrected chi connectivity index (χ0v) is 12.5. The first-order valence-electron chi connectivity index (χ1n) is 6.85. The Kier molecular flexibility index (Phi) is 8.02. The van der Waals surface area contributed by atoms with Gasteiger partial charge in [0.05, 0.1) is 26.4 Å². The molecule has 5 heteroatoms. The molecule has 0 radical (unpaired) electrons. The molecule has 0 aliphatic heterocycles. The molecule has 0 saturated carbocycles. The lowest BCUT2D eigenvalue weighted by Gasteiger charge is -2.16. The Morgan fingerprint density at radius 3 is 2.70 bits per heavy atom. The van der Waals surface area contributed by atoms with Crippen LogP contribution in [0.4, 0.5) is 0 Å². The Bertz CT molecular complexity index is 382. The number of para-hydroxylation sites is 1. The monoisotopic (exact) mass is 283 g/mol. The topological polar surface area (TPSA) is 60.0 Å². The number of benzene rings is 1. The third-order valence-corrected chi connectivity index (χ3v) is 2.86. The van der Waals surface area contributed by atoms with E-state index in [2.05, 4.69) is 5.32 Å². The van der Waals surface area contributed by atoms with Crippen LogP contribution in [-0.4, -0.2) is 45.2 Å². The summed E-state index contributed by atoms with van der Waals surface area (Å²) in [5.41, 5.74) is 1.03. The van der Waals surface area contributed by atoms with Gasteiger partial charge in [0.2, 0.25) is 0 Å². The molecular formula is C15H25NO4. The van der Waals surface area contributed by atoms with Crippen molar-refractivity contribution in [1.82, 2.24) is 5.32 Å². The first-order chi connectivity index (χ1) is 9.69. The van der Waals surface area contributed by atoms with E-state index in [9.17, 15) is 5.11 Å². The summed E-state index contributed by atoms with van der Waals surface area (Å²) in [6.45, 7) is 4.34. The average molecular weight is 283 g/mol. The van der Waals surface area contributed by atoms with Gasteiger partial charge < -0.3 is 24.6 Å². The number of nitrogens with one attached hydrogen (secondary N) is 1. The quantitative estimate of drug-likeness (QED) is 0.638. The first-order valence-corrected chi connectivity index (χ1v) is 6.85. The Morgan fingerprint density at radius 1 is 1.25 bits per heavy atom. The van der Waals surface area contributed by atoms with Crippen molar-refractivity contribution in [3.05, 3.63) is 23.8 Å². The molecule has 1 unspecified atom stereocenters. The van der Waals surface area contributed by atoms with Crippen molar-refractivity contribution in [2.75, 3.05) is 34.0 Å². The molecule has 0 aromatic heterocycles. The van der Waals surface area contributed by atoms with Gasteiger partial charge in [-0.25, -0.2) is 0 Å². The fourth-order valence-corrected chi connectivity index (χ4v) is 1.75. The van der Waals surface area contributed by atoms with Gasteiger partial charge in [0.25, 0.3) is 0 Å². The van der Waals surface area contributed by atoms with E-state index in [4.69, 9.17) is 14.2 Å². The predicted octanol–water partition coefficient (Wildman–Crippen LogP) is 1.58. The molecule has 0 spiro atoms. The average Bonchev–Trinajstić information content (AvgIpc) is 2.44. The Balaban J connectivity index is 2.65. The Morgan fingerprint density at radius 2 is 2.05 bits per heavy atom. The fraction of sp³-hybridized carbons (Fsp3) is 0.600. The minimum Gasteiger partial charge on any atom is -0.493 e. The maximum atomic E-state index is 9.29. The summed E-state index contributed by atoms with van der Waals surface area (Å²) in [5.74, 6) is 1.45. The molecule has 114 valence electrons. The number of methoxy groups -OCH3 is 2. The number of hydrogen-bond donors (Lipinski definition) is 2. The van der Waals surface area contributed by atoms with Crippen LogP contribution < -0.4 is 14.8 Å². The number of hydrogen-bond acceptors (Lipinski definition) is 5. The first kappa shape index (κ1) is 16.8. The van der Waals surface area contributed by atoms with Crippen LogP contribution in [0.3, 0.4) is 0 Å². The summed E-state index contributed by atoms with van der Waals surface area (Å²) >= 11 is 0. The molecule has 1 atom stereocenters. The van der Waals surface area contributed by atoms with Gasteiger partial charge in [-0.2, -0.15) is 0 Å². The highest BCUT2D eigenvalue weighted by Crippen LogP contribution is 2.31. The van der Waals surface area contributed by atoms with Crippen molar-refractivity contribution in [2.45, 2.75) is 26.0 Å². The van der Waals surface area contributed by atoms with E-state index in [1.54, 1.807) is 21.1 Å². The van der Waals surface area contributed by atoms with Crippen LogP contribution in [0.25, 0.3) is 0 Å². The highest BCUT2D eigenvalue weighted by Gasteiger charge is 2.10. The smallest absolute Gasteiger partial charge is 0.165 e. The van der Waals surface area contributed by atoms with Crippen LogP contribution in [0, 0.1) is 0 Å². The largest absolute Gasteiger partial charge is 0.493 e. The van der Waals surface area contributed by atoms with E-state index in [-0.39, 0.29) is 6.10 Å². The van der Waals surface area contributed by atoms with Crippen molar-refractivity contribution in [3.63, 3.8) is 0 Å². The highest BCUT2D eigenvalue weighted by molar-refractivity contribution is 5.46. The normalized spacial score (nSPS) is 12.2. The zero-order valence-electron chi connectivity index (χ0n) is 12.5. The molecule has 0 bridgehead atoms. The molecule has 1 aromatic carbocycles. The fourth-order valence-electron chi connectivity index (χ4n) is 1.75. The van der Waals surface area contributed by atoms with Gasteiger partial charge in [-0.3, -0.25) is 0 Å². The standard InChI is InChI=1S/C15H25NO4/c1-12(17)7-9-20-15-13(11-16-8-10-18-2)5-4-6-14(15)19-3/h4-6,12,16-17H,7-11H2,1-3H3. The molecule has 0 amide bonds. The SMILES string of the molecule is COCCNCc1cccc(OC)c1OCCC(C)O. The molecule has 1 rings (SSSR count). The van der Waals surface area contributed by atoms with Crippen molar-refractivity contribution in [2.24, 2.45) is 0 Å². The molecule has 0 saturated heterocycles. The van der Waals surface area contributed by atoms with E-state index in [0.29, 0.717) is 31.9 Å². The van der Waals surface area contributed by atoms with E-state index < -0.39 is 0 Å². The molecule has 0 fully saturated rings. The summed E-state index contributed by atoms with van der Waals surface area (Å²) < 4.78 is 16.1. The second-order valence-corrected chi connectivity index (χ2v) is 4.60. The number of rotatable bonds is 10. The number of ether oxygens (including phenoxy) is 3. The third kappa shape index (κ3) is 5.77. The van der Waals surface area contributed by atoms with E-state index in [1.165, 1.54) is 0 Å². The zero-order chi connectivity index (χ0) is 14.8. The van der Waals surface area contributed by atoms with Gasteiger partial charge in [-0.1, -0.05) is 12.1 Å². The molecule has 0 heterocycles. The molecule has 2 N–H and O–H groups in total. The van der Waals surface area contributed by atoms with Crippen LogP contribution in [0.5, 0.6) is 11.5 Å². The maximum absolute atomic E-state index is 9.29. The van der Waals surface area contributed by atoms with E-state index in [0.717, 1.165) is 17.9 Å². The van der Waals surface area contributed by atoms with Crippen molar-refractivity contribution in [3.8, 4) is 11.5 Å². The molecular weight excluding hydrogens is 258 g/mol. The van der Waals surface area contributed by atoms with Gasteiger partial charge in [0, 0.05) is 32.2 Å². The summed E-state index contributed by atoms with van der Waals surface area (Å²) in [7, 11) is 3.30. The van der Waals surface area contributed by atoms with E-state index in [1.807, 2.05) is 18.2 Å². The van der Waals surface area contributed by atoms with Gasteiger partial charge in [0.1, 0.15) is 0 Å². The van der Waals surface area contributed by atoms with Crippen LogP contribution in [0.15, 0.2) is 18.2 Å².